The molecule has 1 heterocycles. The van der Waals surface area contributed by atoms with Gasteiger partial charge in [0.25, 0.3) is 0 Å². The molecule has 0 bridgehead atoms. The fourth-order valence-electron chi connectivity index (χ4n) is 4.67. The van der Waals surface area contributed by atoms with Crippen molar-refractivity contribution < 1.29 is 25.2 Å². The van der Waals surface area contributed by atoms with Crippen LogP contribution in [0, 0.1) is 52.9 Å². The number of aryl methyl sites for hydroxylation is 6. The molecule has 2 aromatic carbocycles. The predicted octanol–water partition coefficient (Wildman–Crippen LogP) is 7.76. The van der Waals surface area contributed by atoms with Crippen molar-refractivity contribution in [3.8, 4) is 0 Å². The molecule has 2 aromatic rings. The second-order valence-electron chi connectivity index (χ2n) is 10.4. The van der Waals surface area contributed by atoms with Gasteiger partial charge in [0.15, 0.2) is 0 Å². The summed E-state index contributed by atoms with van der Waals surface area (Å²) in [4.78, 5) is 4.70. The van der Waals surface area contributed by atoms with Crippen molar-refractivity contribution >= 4 is 28.0 Å². The van der Waals surface area contributed by atoms with Crippen LogP contribution in [0.1, 0.15) is 33.4 Å². The summed E-state index contributed by atoms with van der Waals surface area (Å²) < 4.78 is 5.85. The summed E-state index contributed by atoms with van der Waals surface area (Å²) in [6.07, 6.45) is 4.40. The summed E-state index contributed by atoms with van der Waals surface area (Å²) in [6, 6.07) is 9.06. The van der Waals surface area contributed by atoms with E-state index in [1.807, 2.05) is 0 Å². The molecule has 35 heavy (non-hydrogen) atoms. The molecule has 192 valence electrons. The molecule has 0 aliphatic carbocycles. The molecule has 1 aliphatic rings. The Balaban J connectivity index is 0.000000437. The van der Waals surface area contributed by atoms with Gasteiger partial charge in [-0.1, -0.05) is 61.6 Å². The molecule has 0 N–H and O–H groups in total. The van der Waals surface area contributed by atoms with Crippen molar-refractivity contribution in [1.29, 1.82) is 0 Å². The van der Waals surface area contributed by atoms with Gasteiger partial charge in [-0.3, -0.25) is 13.2 Å². The minimum absolute atomic E-state index is 0. The number of benzene rings is 2. The number of nitrogens with zero attached hydrogens (tertiary/aromatic N) is 2. The van der Waals surface area contributed by atoms with Crippen molar-refractivity contribution in [2.75, 3.05) is 16.5 Å². The van der Waals surface area contributed by atoms with Crippen LogP contribution in [0.15, 0.2) is 49.8 Å². The first-order chi connectivity index (χ1) is 15.7. The van der Waals surface area contributed by atoms with Gasteiger partial charge in [-0.25, -0.2) is 0 Å². The maximum absolute atomic E-state index is 5.85. The Morgan fingerprint density at radius 3 is 1.20 bits per heavy atom. The van der Waals surface area contributed by atoms with Crippen LogP contribution in [0.2, 0.25) is 26.2 Å². The average Bonchev–Trinajstić information content (AvgIpc) is 3.15. The predicted molar refractivity (Wildman–Crippen MR) is 154 cm³/mol. The zero-order valence-electron chi connectivity index (χ0n) is 23.2. The minimum Gasteiger partial charge on any atom is -0.506 e. The molecule has 0 fully saturated rings. The van der Waals surface area contributed by atoms with Crippen LogP contribution in [0.25, 0.3) is 0 Å². The zero-order valence-corrected chi connectivity index (χ0v) is 27.5. The minimum atomic E-state index is -1.74. The van der Waals surface area contributed by atoms with Crippen molar-refractivity contribution in [3.63, 3.8) is 0 Å². The van der Waals surface area contributed by atoms with E-state index in [4.69, 9.17) is 4.12 Å². The Labute approximate surface area is 231 Å². The maximum Gasteiger partial charge on any atom is 2.00 e. The third kappa shape index (κ3) is 8.46. The van der Waals surface area contributed by atoms with Crippen LogP contribution in [-0.4, -0.2) is 23.3 Å². The molecule has 0 saturated carbocycles. The molecule has 0 unspecified atom stereocenters. The SMILES string of the molecule is C=[C-][Si](C)(C)O[Si](C)(C)[C-]=C.Cc1cc(C)c(N2C=CN(c3c(C)cc(C)cc3C)C2)c(C)c1.[Pt+2]. The van der Waals surface area contributed by atoms with Crippen molar-refractivity contribution in [1.82, 2.24) is 0 Å². The van der Waals surface area contributed by atoms with Crippen LogP contribution in [0.5, 0.6) is 0 Å². The molecule has 6 heteroatoms. The first-order valence-electron chi connectivity index (χ1n) is 11.9. The molecule has 3 nitrogen and oxygen atoms in total. The Hall–Kier alpha value is -1.66. The topological polar surface area (TPSA) is 15.7 Å². The van der Waals surface area contributed by atoms with Crippen LogP contribution in [0.4, 0.5) is 11.4 Å². The Bertz CT molecular complexity index is 963. The first kappa shape index (κ1) is 31.4. The van der Waals surface area contributed by atoms with E-state index in [1.165, 1.54) is 44.8 Å². The van der Waals surface area contributed by atoms with Crippen LogP contribution in [0.3, 0.4) is 0 Å². The van der Waals surface area contributed by atoms with Gasteiger partial charge < -0.3 is 25.3 Å². The Morgan fingerprint density at radius 2 is 0.943 bits per heavy atom. The smallest absolute Gasteiger partial charge is 0.506 e. The molecule has 0 saturated heterocycles. The summed E-state index contributed by atoms with van der Waals surface area (Å²) >= 11 is 0. The van der Waals surface area contributed by atoms with Crippen LogP contribution < -0.4 is 9.80 Å². The molecule has 0 radical (unpaired) electrons. The summed E-state index contributed by atoms with van der Waals surface area (Å²) in [6.45, 7) is 29.6. The average molecular weight is 686 g/mol. The summed E-state index contributed by atoms with van der Waals surface area (Å²) in [5, 5.41) is 0. The molecule has 1 aliphatic heterocycles. The number of rotatable bonds is 6. The van der Waals surface area contributed by atoms with Crippen molar-refractivity contribution in [2.24, 2.45) is 0 Å². The number of hydrogen-bond donors (Lipinski definition) is 0. The van der Waals surface area contributed by atoms with Gasteiger partial charge >= 0.3 is 21.1 Å². The largest absolute Gasteiger partial charge is 2.00 e. The first-order valence-corrected chi connectivity index (χ1v) is 17.7. The Kier molecular flexibility index (Phi) is 11.2. The molecule has 3 rings (SSSR count). The quantitative estimate of drug-likeness (QED) is 0.229. The fourth-order valence-corrected chi connectivity index (χ4v) is 10.4. The standard InChI is InChI=1S/C21H26N2.C8H16OSi2.Pt/c1-14-9-16(3)20(17(4)10-14)22-7-8-23(13-22)21-18(5)11-15(2)12-19(21)6;1-7-10(3,4)9-11(5,6)8-2;/h7-12H,13H2,1-6H3;1-2H2,3-6H3;/q;-2;+2. The molecule has 0 spiro atoms. The van der Waals surface area contributed by atoms with Gasteiger partial charge in [0.05, 0.1) is 6.67 Å². The zero-order chi connectivity index (χ0) is 25.8. The van der Waals surface area contributed by atoms with Crippen molar-refractivity contribution in [2.45, 2.75) is 67.7 Å². The third-order valence-electron chi connectivity index (χ3n) is 5.94. The Morgan fingerprint density at radius 1 is 0.657 bits per heavy atom. The van der Waals surface area contributed by atoms with E-state index < -0.39 is 16.6 Å². The normalized spacial score (nSPS) is 13.2. The van der Waals surface area contributed by atoms with Gasteiger partial charge in [-0.05, 0) is 63.8 Å². The van der Waals surface area contributed by atoms with Gasteiger partial charge in [-0.15, -0.1) is 0 Å². The summed E-state index contributed by atoms with van der Waals surface area (Å²) in [5.74, 6) is 0. The van der Waals surface area contributed by atoms with Gasteiger partial charge in [-0.2, -0.15) is 0 Å². The van der Waals surface area contributed by atoms with Gasteiger partial charge in [0.1, 0.15) is 0 Å². The van der Waals surface area contributed by atoms with E-state index >= 15 is 0 Å². The van der Waals surface area contributed by atoms with Crippen LogP contribution >= 0.6 is 0 Å². The number of anilines is 2. The molecular formula is C29H42N2OPtSi2. The number of hydrogen-bond acceptors (Lipinski definition) is 3. The van der Waals surface area contributed by atoms with E-state index in [0.29, 0.717) is 0 Å². The second kappa shape index (κ2) is 12.5. The van der Waals surface area contributed by atoms with E-state index in [9.17, 15) is 0 Å². The monoisotopic (exact) mass is 685 g/mol. The van der Waals surface area contributed by atoms with Gasteiger partial charge in [0.2, 0.25) is 0 Å². The molecule has 0 amide bonds. The molecule has 0 aromatic heterocycles. The van der Waals surface area contributed by atoms with Gasteiger partial charge in [0, 0.05) is 40.4 Å². The molecular weight excluding hydrogens is 644 g/mol. The summed E-state index contributed by atoms with van der Waals surface area (Å²) in [7, 11) is -3.47. The van der Waals surface area contributed by atoms with E-state index in [1.54, 1.807) is 0 Å². The van der Waals surface area contributed by atoms with E-state index in [0.717, 1.165) is 6.67 Å². The molecule has 0 atom stereocenters. The second-order valence-corrected chi connectivity index (χ2v) is 17.9. The fraction of sp³-hybridized carbons (Fsp3) is 0.379. The summed E-state index contributed by atoms with van der Waals surface area (Å²) in [5.41, 5.74) is 16.6. The van der Waals surface area contributed by atoms with E-state index in [2.05, 4.69) is 139 Å². The van der Waals surface area contributed by atoms with E-state index in [-0.39, 0.29) is 21.1 Å². The third-order valence-corrected chi connectivity index (χ3v) is 11.7. The van der Waals surface area contributed by atoms with Crippen molar-refractivity contribution in [3.05, 3.63) is 94.6 Å². The maximum atomic E-state index is 5.85. The van der Waals surface area contributed by atoms with Crippen LogP contribution in [-0.2, 0) is 25.2 Å².